The SMILES string of the molecule is C[C@]1(CO)O[C@@H](c2ccc(Cl)c(Cc3ccc(O)cc3)c2)[C@H](O)C2(CC2)[C@@H]1O. The highest BCUT2D eigenvalue weighted by atomic mass is 35.5. The fraction of sp³-hybridized carbons (Fsp3) is 0.455. The van der Waals surface area contributed by atoms with Gasteiger partial charge in [0.2, 0.25) is 0 Å². The van der Waals surface area contributed by atoms with Gasteiger partial charge in [-0.3, -0.25) is 0 Å². The molecule has 1 saturated heterocycles. The number of phenols is 1. The van der Waals surface area contributed by atoms with Crippen molar-refractivity contribution >= 4 is 11.6 Å². The molecular weight excluding hydrogens is 380 g/mol. The zero-order valence-corrected chi connectivity index (χ0v) is 16.4. The Balaban J connectivity index is 1.66. The van der Waals surface area contributed by atoms with E-state index in [1.54, 1.807) is 25.1 Å². The van der Waals surface area contributed by atoms with Crippen molar-refractivity contribution in [3.8, 4) is 5.75 Å². The average molecular weight is 405 g/mol. The van der Waals surface area contributed by atoms with Crippen molar-refractivity contribution in [2.75, 3.05) is 6.61 Å². The van der Waals surface area contributed by atoms with E-state index in [9.17, 15) is 20.4 Å². The highest BCUT2D eigenvalue weighted by Crippen LogP contribution is 2.61. The number of aliphatic hydroxyl groups excluding tert-OH is 3. The Bertz CT molecular complexity index is 862. The molecule has 2 aliphatic rings. The molecule has 2 aromatic rings. The van der Waals surface area contributed by atoms with Gasteiger partial charge in [-0.05, 0) is 61.1 Å². The minimum Gasteiger partial charge on any atom is -0.508 e. The van der Waals surface area contributed by atoms with E-state index in [0.717, 1.165) is 16.7 Å². The molecule has 0 bridgehead atoms. The van der Waals surface area contributed by atoms with Crippen molar-refractivity contribution in [2.24, 2.45) is 5.41 Å². The number of ether oxygens (including phenoxy) is 1. The summed E-state index contributed by atoms with van der Waals surface area (Å²) in [7, 11) is 0. The summed E-state index contributed by atoms with van der Waals surface area (Å²) in [5.41, 5.74) is 0.885. The molecule has 2 aromatic carbocycles. The predicted octanol–water partition coefficient (Wildman–Crippen LogP) is 2.96. The minimum atomic E-state index is -1.13. The summed E-state index contributed by atoms with van der Waals surface area (Å²) < 4.78 is 6.04. The van der Waals surface area contributed by atoms with Crippen molar-refractivity contribution in [3.63, 3.8) is 0 Å². The third-order valence-electron chi connectivity index (χ3n) is 6.27. The van der Waals surface area contributed by atoms with Gasteiger partial charge in [0.1, 0.15) is 17.5 Å². The smallest absolute Gasteiger partial charge is 0.116 e. The molecule has 0 amide bonds. The van der Waals surface area contributed by atoms with Crippen molar-refractivity contribution in [1.82, 2.24) is 0 Å². The van der Waals surface area contributed by atoms with Crippen LogP contribution in [0, 0.1) is 5.41 Å². The molecule has 0 radical (unpaired) electrons. The number of halogens is 1. The van der Waals surface area contributed by atoms with Crippen LogP contribution in [0.5, 0.6) is 5.75 Å². The first-order chi connectivity index (χ1) is 13.3. The van der Waals surface area contributed by atoms with E-state index in [4.69, 9.17) is 16.3 Å². The summed E-state index contributed by atoms with van der Waals surface area (Å²) in [6.07, 6.45) is -0.443. The second-order valence-electron chi connectivity index (χ2n) is 8.28. The Morgan fingerprint density at radius 1 is 1.11 bits per heavy atom. The van der Waals surface area contributed by atoms with Crippen LogP contribution in [-0.2, 0) is 11.2 Å². The van der Waals surface area contributed by atoms with Crippen LogP contribution in [0.4, 0.5) is 0 Å². The molecule has 5 nitrogen and oxygen atoms in total. The van der Waals surface area contributed by atoms with Crippen LogP contribution in [-0.4, -0.2) is 44.8 Å². The number of phenolic OH excluding ortho intramolecular Hbond substituents is 1. The maximum absolute atomic E-state index is 11.0. The number of hydrogen-bond donors (Lipinski definition) is 4. The highest BCUT2D eigenvalue weighted by molar-refractivity contribution is 6.31. The second kappa shape index (κ2) is 7.01. The third-order valence-corrected chi connectivity index (χ3v) is 6.63. The van der Waals surface area contributed by atoms with Crippen LogP contribution in [0.25, 0.3) is 0 Å². The summed E-state index contributed by atoms with van der Waals surface area (Å²) in [5, 5.41) is 41.5. The predicted molar refractivity (Wildman–Crippen MR) is 105 cm³/mol. The molecule has 0 aromatic heterocycles. The molecule has 1 heterocycles. The summed E-state index contributed by atoms with van der Waals surface area (Å²) in [5.74, 6) is 0.207. The molecule has 4 N–H and O–H groups in total. The van der Waals surface area contributed by atoms with E-state index in [1.807, 2.05) is 24.3 Å². The van der Waals surface area contributed by atoms with Crippen LogP contribution in [0.3, 0.4) is 0 Å². The van der Waals surface area contributed by atoms with Gasteiger partial charge in [0.15, 0.2) is 0 Å². The molecule has 150 valence electrons. The van der Waals surface area contributed by atoms with E-state index in [-0.39, 0.29) is 12.4 Å². The fourth-order valence-electron chi connectivity index (χ4n) is 4.32. The van der Waals surface area contributed by atoms with Crippen molar-refractivity contribution in [3.05, 3.63) is 64.2 Å². The molecule has 2 fully saturated rings. The lowest BCUT2D eigenvalue weighted by molar-refractivity contribution is -0.267. The Kier molecular flexibility index (Phi) is 4.92. The summed E-state index contributed by atoms with van der Waals surface area (Å²) in [6.45, 7) is 1.36. The van der Waals surface area contributed by atoms with Gasteiger partial charge in [-0.2, -0.15) is 0 Å². The topological polar surface area (TPSA) is 90.2 Å². The van der Waals surface area contributed by atoms with Crippen LogP contribution in [0.15, 0.2) is 42.5 Å². The van der Waals surface area contributed by atoms with Gasteiger partial charge in [0.05, 0.1) is 18.8 Å². The summed E-state index contributed by atoms with van der Waals surface area (Å²) in [6, 6.07) is 12.4. The van der Waals surface area contributed by atoms with E-state index in [1.165, 1.54) is 0 Å². The first-order valence-corrected chi connectivity index (χ1v) is 9.88. The Labute approximate surface area is 169 Å². The van der Waals surface area contributed by atoms with Gasteiger partial charge < -0.3 is 25.2 Å². The first-order valence-electron chi connectivity index (χ1n) is 9.50. The monoisotopic (exact) mass is 404 g/mol. The van der Waals surface area contributed by atoms with Gasteiger partial charge in [0.25, 0.3) is 0 Å². The molecule has 4 atom stereocenters. The lowest BCUT2D eigenvalue weighted by Gasteiger charge is -2.49. The zero-order valence-electron chi connectivity index (χ0n) is 15.7. The molecule has 1 aliphatic heterocycles. The molecule has 6 heteroatoms. The van der Waals surface area contributed by atoms with Gasteiger partial charge in [-0.15, -0.1) is 0 Å². The lowest BCUT2D eigenvalue weighted by atomic mass is 9.75. The van der Waals surface area contributed by atoms with Gasteiger partial charge in [0, 0.05) is 10.4 Å². The van der Waals surface area contributed by atoms with Crippen LogP contribution < -0.4 is 0 Å². The maximum atomic E-state index is 11.0. The maximum Gasteiger partial charge on any atom is 0.116 e. The Morgan fingerprint density at radius 2 is 1.79 bits per heavy atom. The van der Waals surface area contributed by atoms with Crippen molar-refractivity contribution < 1.29 is 25.2 Å². The molecule has 1 aliphatic carbocycles. The number of rotatable bonds is 4. The molecular formula is C22H25ClO5. The number of aliphatic hydroxyl groups is 3. The van der Waals surface area contributed by atoms with E-state index >= 15 is 0 Å². The first kappa shape index (κ1) is 19.7. The van der Waals surface area contributed by atoms with Crippen LogP contribution in [0.1, 0.15) is 42.6 Å². The zero-order chi connectivity index (χ0) is 20.1. The summed E-state index contributed by atoms with van der Waals surface area (Å²) >= 11 is 6.39. The minimum absolute atomic E-state index is 0.207. The van der Waals surface area contributed by atoms with E-state index < -0.39 is 29.3 Å². The molecule has 1 spiro atoms. The van der Waals surface area contributed by atoms with Crippen molar-refractivity contribution in [2.45, 2.75) is 50.1 Å². The molecule has 28 heavy (non-hydrogen) atoms. The number of aromatic hydroxyl groups is 1. The molecule has 1 saturated carbocycles. The number of hydrogen-bond acceptors (Lipinski definition) is 5. The van der Waals surface area contributed by atoms with Crippen LogP contribution in [0.2, 0.25) is 5.02 Å². The lowest BCUT2D eigenvalue weighted by Crippen LogP contribution is -2.60. The Hall–Kier alpha value is -1.63. The average Bonchev–Trinajstić information content (AvgIpc) is 3.49. The quantitative estimate of drug-likeness (QED) is 0.629. The largest absolute Gasteiger partial charge is 0.508 e. The van der Waals surface area contributed by atoms with Gasteiger partial charge in [-0.25, -0.2) is 0 Å². The third kappa shape index (κ3) is 3.21. The number of benzene rings is 2. The standard InChI is InChI=1S/C22H25ClO5/c1-21(12-24)20(27)22(8-9-22)19(26)18(28-21)14-4-7-17(23)15(11-14)10-13-2-5-16(25)6-3-13/h2-7,11,18-20,24-27H,8-10,12H2,1H3/t18-,19-,20+,21+/m0/s1. The van der Waals surface area contributed by atoms with E-state index in [2.05, 4.69) is 0 Å². The van der Waals surface area contributed by atoms with Crippen molar-refractivity contribution in [1.29, 1.82) is 0 Å². The Morgan fingerprint density at radius 3 is 2.39 bits per heavy atom. The second-order valence-corrected chi connectivity index (χ2v) is 8.69. The highest BCUT2D eigenvalue weighted by Gasteiger charge is 2.66. The van der Waals surface area contributed by atoms with Crippen LogP contribution >= 0.6 is 11.6 Å². The fourth-order valence-corrected chi connectivity index (χ4v) is 4.50. The van der Waals surface area contributed by atoms with Gasteiger partial charge in [-0.1, -0.05) is 35.9 Å². The molecule has 4 rings (SSSR count). The summed E-state index contributed by atoms with van der Waals surface area (Å²) in [4.78, 5) is 0. The van der Waals surface area contributed by atoms with E-state index in [0.29, 0.717) is 24.3 Å². The normalized spacial score (nSPS) is 31.1. The molecule has 0 unspecified atom stereocenters. The van der Waals surface area contributed by atoms with Gasteiger partial charge >= 0.3 is 0 Å².